The van der Waals surface area contributed by atoms with Gasteiger partial charge in [0, 0.05) is 12.6 Å². The van der Waals surface area contributed by atoms with Gasteiger partial charge in [0.25, 0.3) is 0 Å². The summed E-state index contributed by atoms with van der Waals surface area (Å²) in [6.45, 7) is 2.52. The van der Waals surface area contributed by atoms with Gasteiger partial charge in [-0.15, -0.1) is 0 Å². The molecule has 0 amide bonds. The summed E-state index contributed by atoms with van der Waals surface area (Å²) < 4.78 is 11.0. The summed E-state index contributed by atoms with van der Waals surface area (Å²) in [6.07, 6.45) is 4.17. The van der Waals surface area contributed by atoms with E-state index in [1.807, 2.05) is 7.05 Å². The Morgan fingerprint density at radius 2 is 2.31 bits per heavy atom. The Bertz CT molecular complexity index is 153. The van der Waals surface area contributed by atoms with Gasteiger partial charge in [0.2, 0.25) is 0 Å². The molecule has 0 spiro atoms. The Hall–Kier alpha value is -0.120. The molecule has 0 aromatic carbocycles. The van der Waals surface area contributed by atoms with Crippen molar-refractivity contribution in [2.24, 2.45) is 5.92 Å². The minimum Gasteiger partial charge on any atom is -0.379 e. The van der Waals surface area contributed by atoms with Crippen molar-refractivity contribution in [3.05, 3.63) is 0 Å². The molecular weight excluding hydrogens is 166 g/mol. The molecule has 2 fully saturated rings. The SMILES string of the molecule is CNC(COC1CCOC1)C1CC1. The zero-order valence-corrected chi connectivity index (χ0v) is 8.29. The first-order valence-corrected chi connectivity index (χ1v) is 5.26. The van der Waals surface area contributed by atoms with Crippen molar-refractivity contribution in [2.45, 2.75) is 31.4 Å². The van der Waals surface area contributed by atoms with Crippen LogP contribution in [0.5, 0.6) is 0 Å². The predicted molar refractivity (Wildman–Crippen MR) is 50.7 cm³/mol. The van der Waals surface area contributed by atoms with Crippen molar-refractivity contribution in [2.75, 3.05) is 26.9 Å². The topological polar surface area (TPSA) is 30.5 Å². The van der Waals surface area contributed by atoms with Crippen LogP contribution in [0.3, 0.4) is 0 Å². The largest absolute Gasteiger partial charge is 0.379 e. The zero-order valence-electron chi connectivity index (χ0n) is 8.29. The molecule has 1 heterocycles. The smallest absolute Gasteiger partial charge is 0.0831 e. The van der Waals surface area contributed by atoms with E-state index < -0.39 is 0 Å². The van der Waals surface area contributed by atoms with Crippen LogP contribution in [-0.2, 0) is 9.47 Å². The first kappa shape index (κ1) is 9.44. The van der Waals surface area contributed by atoms with E-state index in [2.05, 4.69) is 5.32 Å². The third-order valence-electron chi connectivity index (χ3n) is 2.96. The molecule has 2 rings (SSSR count). The Morgan fingerprint density at radius 1 is 1.46 bits per heavy atom. The molecule has 0 aromatic rings. The van der Waals surface area contributed by atoms with Crippen LogP contribution in [0, 0.1) is 5.92 Å². The second-order valence-corrected chi connectivity index (χ2v) is 4.05. The molecule has 76 valence electrons. The van der Waals surface area contributed by atoms with Crippen molar-refractivity contribution >= 4 is 0 Å². The Labute approximate surface area is 79.8 Å². The van der Waals surface area contributed by atoms with Crippen LogP contribution in [0.25, 0.3) is 0 Å². The van der Waals surface area contributed by atoms with E-state index in [1.165, 1.54) is 12.8 Å². The summed E-state index contributed by atoms with van der Waals surface area (Å²) in [5, 5.41) is 3.32. The molecule has 13 heavy (non-hydrogen) atoms. The van der Waals surface area contributed by atoms with Crippen LogP contribution >= 0.6 is 0 Å². The minimum atomic E-state index is 0.356. The third kappa shape index (κ3) is 2.66. The number of ether oxygens (including phenoxy) is 2. The fraction of sp³-hybridized carbons (Fsp3) is 1.00. The van der Waals surface area contributed by atoms with Gasteiger partial charge in [-0.25, -0.2) is 0 Å². The van der Waals surface area contributed by atoms with Gasteiger partial charge in [-0.2, -0.15) is 0 Å². The highest BCUT2D eigenvalue weighted by Gasteiger charge is 2.31. The lowest BCUT2D eigenvalue weighted by atomic mass is 10.2. The Kier molecular flexibility index (Phi) is 3.19. The van der Waals surface area contributed by atoms with Gasteiger partial charge in [-0.05, 0) is 32.2 Å². The van der Waals surface area contributed by atoms with Crippen LogP contribution in [0.2, 0.25) is 0 Å². The maximum atomic E-state index is 5.77. The van der Waals surface area contributed by atoms with Crippen molar-refractivity contribution in [1.29, 1.82) is 0 Å². The van der Waals surface area contributed by atoms with Crippen LogP contribution in [0.1, 0.15) is 19.3 Å². The highest BCUT2D eigenvalue weighted by atomic mass is 16.5. The van der Waals surface area contributed by atoms with E-state index in [9.17, 15) is 0 Å². The molecule has 2 unspecified atom stereocenters. The van der Waals surface area contributed by atoms with E-state index in [4.69, 9.17) is 9.47 Å². The van der Waals surface area contributed by atoms with Crippen molar-refractivity contribution in [1.82, 2.24) is 5.32 Å². The van der Waals surface area contributed by atoms with Gasteiger partial charge in [0.05, 0.1) is 19.3 Å². The number of rotatable bonds is 5. The van der Waals surface area contributed by atoms with Crippen LogP contribution < -0.4 is 5.32 Å². The lowest BCUT2D eigenvalue weighted by molar-refractivity contribution is 0.0280. The fourth-order valence-electron chi connectivity index (χ4n) is 1.84. The maximum Gasteiger partial charge on any atom is 0.0831 e. The molecule has 0 radical (unpaired) electrons. The molecule has 3 nitrogen and oxygen atoms in total. The van der Waals surface area contributed by atoms with Gasteiger partial charge in [-0.3, -0.25) is 0 Å². The fourth-order valence-corrected chi connectivity index (χ4v) is 1.84. The molecule has 0 bridgehead atoms. The maximum absolute atomic E-state index is 5.77. The third-order valence-corrected chi connectivity index (χ3v) is 2.96. The minimum absolute atomic E-state index is 0.356. The Balaban J connectivity index is 1.64. The molecular formula is C10H19NO2. The summed E-state index contributed by atoms with van der Waals surface area (Å²) in [4.78, 5) is 0. The summed E-state index contributed by atoms with van der Waals surface area (Å²) in [5.74, 6) is 0.868. The van der Waals surface area contributed by atoms with Gasteiger partial charge in [-0.1, -0.05) is 0 Å². The number of hydrogen-bond donors (Lipinski definition) is 1. The molecule has 3 heteroatoms. The van der Waals surface area contributed by atoms with E-state index in [0.717, 1.165) is 32.2 Å². The van der Waals surface area contributed by atoms with Gasteiger partial charge < -0.3 is 14.8 Å². The number of likely N-dealkylation sites (N-methyl/N-ethyl adjacent to an activating group) is 1. The average molecular weight is 185 g/mol. The van der Waals surface area contributed by atoms with Gasteiger partial charge in [0.15, 0.2) is 0 Å². The van der Waals surface area contributed by atoms with Gasteiger partial charge in [0.1, 0.15) is 0 Å². The summed E-state index contributed by atoms with van der Waals surface area (Å²) in [7, 11) is 2.03. The molecule has 1 aliphatic heterocycles. The highest BCUT2D eigenvalue weighted by molar-refractivity contribution is 4.85. The van der Waals surface area contributed by atoms with Crippen molar-refractivity contribution < 1.29 is 9.47 Å². The quantitative estimate of drug-likeness (QED) is 0.687. The first-order valence-electron chi connectivity index (χ1n) is 5.26. The predicted octanol–water partition coefficient (Wildman–Crippen LogP) is 0.790. The van der Waals surface area contributed by atoms with E-state index >= 15 is 0 Å². The first-order chi connectivity index (χ1) is 6.40. The second kappa shape index (κ2) is 4.40. The second-order valence-electron chi connectivity index (χ2n) is 4.05. The van der Waals surface area contributed by atoms with E-state index in [1.54, 1.807) is 0 Å². The highest BCUT2D eigenvalue weighted by Crippen LogP contribution is 2.32. The number of hydrogen-bond acceptors (Lipinski definition) is 3. The van der Waals surface area contributed by atoms with E-state index in [-0.39, 0.29) is 0 Å². The Morgan fingerprint density at radius 3 is 2.85 bits per heavy atom. The summed E-state index contributed by atoms with van der Waals surface area (Å²) in [5.41, 5.74) is 0. The monoisotopic (exact) mass is 185 g/mol. The standard InChI is InChI=1S/C10H19NO2/c1-11-10(8-2-3-8)7-13-9-4-5-12-6-9/h8-11H,2-7H2,1H3. The van der Waals surface area contributed by atoms with Gasteiger partial charge >= 0.3 is 0 Å². The summed E-state index contributed by atoms with van der Waals surface area (Å²) in [6, 6.07) is 0.570. The number of nitrogens with one attached hydrogen (secondary N) is 1. The molecule has 1 aliphatic carbocycles. The van der Waals surface area contributed by atoms with Crippen LogP contribution in [0.15, 0.2) is 0 Å². The van der Waals surface area contributed by atoms with Crippen molar-refractivity contribution in [3.8, 4) is 0 Å². The lowest BCUT2D eigenvalue weighted by Gasteiger charge is -2.18. The zero-order chi connectivity index (χ0) is 9.10. The molecule has 1 saturated carbocycles. The molecule has 1 N–H and O–H groups in total. The molecule has 2 aliphatic rings. The average Bonchev–Trinajstić information content (AvgIpc) is 2.84. The lowest BCUT2D eigenvalue weighted by Crippen LogP contribution is -2.34. The van der Waals surface area contributed by atoms with Crippen molar-refractivity contribution in [3.63, 3.8) is 0 Å². The van der Waals surface area contributed by atoms with Crippen LogP contribution in [0.4, 0.5) is 0 Å². The normalized spacial score (nSPS) is 30.7. The van der Waals surface area contributed by atoms with Crippen LogP contribution in [-0.4, -0.2) is 39.0 Å². The molecule has 2 atom stereocenters. The summed E-state index contributed by atoms with van der Waals surface area (Å²) >= 11 is 0. The molecule has 1 saturated heterocycles. The van der Waals surface area contributed by atoms with E-state index in [0.29, 0.717) is 12.1 Å². The molecule has 0 aromatic heterocycles.